The Labute approximate surface area is 111 Å². The molecule has 0 amide bonds. The van der Waals surface area contributed by atoms with Crippen LogP contribution in [0.3, 0.4) is 0 Å². The summed E-state index contributed by atoms with van der Waals surface area (Å²) in [4.78, 5) is 16.2. The van der Waals surface area contributed by atoms with Crippen LogP contribution in [0.25, 0.3) is 0 Å². The van der Waals surface area contributed by atoms with Gasteiger partial charge in [0, 0.05) is 30.2 Å². The van der Waals surface area contributed by atoms with Crippen LogP contribution in [0.15, 0.2) is 41.5 Å². The minimum Gasteiger partial charge on any atom is -0.327 e. The summed E-state index contributed by atoms with van der Waals surface area (Å²) in [6.07, 6.45) is 6.24. The van der Waals surface area contributed by atoms with Crippen molar-refractivity contribution in [2.75, 3.05) is 0 Å². The van der Waals surface area contributed by atoms with E-state index in [0.29, 0.717) is 6.54 Å². The Morgan fingerprint density at radius 2 is 2.26 bits per heavy atom. The number of aromatic nitrogens is 2. The first kappa shape index (κ1) is 12.1. The Kier molecular flexibility index (Phi) is 3.17. The van der Waals surface area contributed by atoms with E-state index in [4.69, 9.17) is 5.73 Å². The van der Waals surface area contributed by atoms with Gasteiger partial charge in [-0.3, -0.25) is 9.78 Å². The van der Waals surface area contributed by atoms with Crippen LogP contribution in [-0.2, 0) is 19.4 Å². The number of nitrogens with two attached hydrogens (primary N) is 1. The van der Waals surface area contributed by atoms with E-state index in [1.54, 1.807) is 18.5 Å². The zero-order valence-corrected chi connectivity index (χ0v) is 10.7. The molecule has 98 valence electrons. The summed E-state index contributed by atoms with van der Waals surface area (Å²) in [5, 5.41) is 0. The molecular formula is C15H17N3O. The van der Waals surface area contributed by atoms with Crippen molar-refractivity contribution < 1.29 is 0 Å². The average molecular weight is 255 g/mol. The van der Waals surface area contributed by atoms with Crippen LogP contribution < -0.4 is 11.3 Å². The predicted octanol–water partition coefficient (Wildman–Crippen LogP) is 1.11. The molecule has 1 aliphatic rings. The zero-order valence-electron chi connectivity index (χ0n) is 10.7. The third-order valence-electron chi connectivity index (χ3n) is 3.69. The van der Waals surface area contributed by atoms with E-state index in [9.17, 15) is 4.79 Å². The summed E-state index contributed by atoms with van der Waals surface area (Å²) in [6, 6.07) is 7.68. The van der Waals surface area contributed by atoms with Crippen LogP contribution in [0.2, 0.25) is 0 Å². The van der Waals surface area contributed by atoms with Gasteiger partial charge >= 0.3 is 0 Å². The summed E-state index contributed by atoms with van der Waals surface area (Å²) in [6.45, 7) is 0.588. The molecule has 0 aliphatic heterocycles. The molecule has 2 N–H and O–H groups in total. The molecule has 1 unspecified atom stereocenters. The second-order valence-corrected chi connectivity index (χ2v) is 5.09. The van der Waals surface area contributed by atoms with E-state index in [-0.39, 0.29) is 11.6 Å². The number of fused-ring (bicyclic) bond motifs is 1. The Balaban J connectivity index is 2.01. The van der Waals surface area contributed by atoms with Gasteiger partial charge in [0.05, 0.1) is 6.54 Å². The van der Waals surface area contributed by atoms with E-state index in [1.807, 2.05) is 22.8 Å². The van der Waals surface area contributed by atoms with Crippen molar-refractivity contribution in [1.82, 2.24) is 9.55 Å². The molecule has 19 heavy (non-hydrogen) atoms. The van der Waals surface area contributed by atoms with Gasteiger partial charge in [-0.1, -0.05) is 12.1 Å². The maximum Gasteiger partial charge on any atom is 0.251 e. The number of pyridine rings is 2. The van der Waals surface area contributed by atoms with Crippen molar-refractivity contribution >= 4 is 0 Å². The first-order chi connectivity index (χ1) is 9.24. The molecule has 2 aromatic heterocycles. The molecular weight excluding hydrogens is 238 g/mol. The molecule has 0 radical (unpaired) electrons. The second kappa shape index (κ2) is 4.97. The highest BCUT2D eigenvalue weighted by Crippen LogP contribution is 2.19. The monoisotopic (exact) mass is 255 g/mol. The Bertz CT molecular complexity index is 634. The highest BCUT2D eigenvalue weighted by atomic mass is 16.1. The molecule has 0 aromatic carbocycles. The van der Waals surface area contributed by atoms with Crippen molar-refractivity contribution in [2.45, 2.75) is 31.8 Å². The quantitative estimate of drug-likeness (QED) is 0.874. The van der Waals surface area contributed by atoms with Crippen LogP contribution in [0.1, 0.15) is 23.2 Å². The fourth-order valence-electron chi connectivity index (χ4n) is 2.70. The molecule has 3 rings (SSSR count). The fourth-order valence-corrected chi connectivity index (χ4v) is 2.70. The SMILES string of the molecule is NC1CCc2c(ccc(=O)n2Cc2cccnc2)C1. The average Bonchev–Trinajstić information content (AvgIpc) is 2.43. The Morgan fingerprint density at radius 1 is 1.37 bits per heavy atom. The number of hydrogen-bond acceptors (Lipinski definition) is 3. The van der Waals surface area contributed by atoms with Crippen LogP contribution in [0.4, 0.5) is 0 Å². The van der Waals surface area contributed by atoms with E-state index in [0.717, 1.165) is 30.5 Å². The Hall–Kier alpha value is -1.94. The number of nitrogens with zero attached hydrogens (tertiary/aromatic N) is 2. The standard InChI is InChI=1S/C15H17N3O/c16-13-4-5-14-12(8-13)3-6-15(19)18(14)10-11-2-1-7-17-9-11/h1-3,6-7,9,13H,4-5,8,10,16H2. The molecule has 0 saturated heterocycles. The van der Waals surface area contributed by atoms with Gasteiger partial charge in [0.2, 0.25) is 0 Å². The molecule has 1 atom stereocenters. The molecule has 2 aromatic rings. The topological polar surface area (TPSA) is 60.9 Å². The van der Waals surface area contributed by atoms with Crippen molar-refractivity contribution in [3.8, 4) is 0 Å². The van der Waals surface area contributed by atoms with Crippen LogP contribution in [-0.4, -0.2) is 15.6 Å². The molecule has 4 heteroatoms. The highest BCUT2D eigenvalue weighted by molar-refractivity contribution is 5.26. The number of hydrogen-bond donors (Lipinski definition) is 1. The summed E-state index contributed by atoms with van der Waals surface area (Å²) in [5.74, 6) is 0. The predicted molar refractivity (Wildman–Crippen MR) is 74.0 cm³/mol. The van der Waals surface area contributed by atoms with Gasteiger partial charge in [-0.2, -0.15) is 0 Å². The number of rotatable bonds is 2. The highest BCUT2D eigenvalue weighted by Gasteiger charge is 2.18. The minimum absolute atomic E-state index is 0.0538. The first-order valence-electron chi connectivity index (χ1n) is 6.60. The largest absolute Gasteiger partial charge is 0.327 e. The lowest BCUT2D eigenvalue weighted by atomic mass is 9.92. The van der Waals surface area contributed by atoms with Gasteiger partial charge in [-0.15, -0.1) is 0 Å². The van der Waals surface area contributed by atoms with E-state index < -0.39 is 0 Å². The van der Waals surface area contributed by atoms with Crippen molar-refractivity contribution in [3.05, 3.63) is 63.8 Å². The fraction of sp³-hybridized carbons (Fsp3) is 0.333. The maximum absolute atomic E-state index is 12.1. The van der Waals surface area contributed by atoms with Gasteiger partial charge in [0.25, 0.3) is 5.56 Å². The van der Waals surface area contributed by atoms with Crippen LogP contribution >= 0.6 is 0 Å². The van der Waals surface area contributed by atoms with E-state index >= 15 is 0 Å². The van der Waals surface area contributed by atoms with Crippen LogP contribution in [0, 0.1) is 0 Å². The molecule has 2 heterocycles. The molecule has 0 spiro atoms. The third-order valence-corrected chi connectivity index (χ3v) is 3.69. The lowest BCUT2D eigenvalue weighted by Gasteiger charge is -2.24. The Morgan fingerprint density at radius 3 is 3.05 bits per heavy atom. The minimum atomic E-state index is 0.0538. The summed E-state index contributed by atoms with van der Waals surface area (Å²) in [5.41, 5.74) is 9.44. The smallest absolute Gasteiger partial charge is 0.251 e. The zero-order chi connectivity index (χ0) is 13.2. The molecule has 0 saturated carbocycles. The van der Waals surface area contributed by atoms with Gasteiger partial charge < -0.3 is 10.3 Å². The van der Waals surface area contributed by atoms with Gasteiger partial charge in [0.1, 0.15) is 0 Å². The van der Waals surface area contributed by atoms with Crippen LogP contribution in [0.5, 0.6) is 0 Å². The molecule has 4 nitrogen and oxygen atoms in total. The van der Waals surface area contributed by atoms with Crippen molar-refractivity contribution in [2.24, 2.45) is 5.73 Å². The second-order valence-electron chi connectivity index (χ2n) is 5.09. The van der Waals surface area contributed by atoms with Gasteiger partial charge in [-0.25, -0.2) is 0 Å². The normalized spacial score (nSPS) is 18.1. The van der Waals surface area contributed by atoms with Crippen molar-refractivity contribution in [3.63, 3.8) is 0 Å². The third kappa shape index (κ3) is 2.44. The van der Waals surface area contributed by atoms with Gasteiger partial charge in [-0.05, 0) is 36.5 Å². The van der Waals surface area contributed by atoms with E-state index in [2.05, 4.69) is 4.98 Å². The summed E-state index contributed by atoms with van der Waals surface area (Å²) in [7, 11) is 0. The molecule has 0 bridgehead atoms. The summed E-state index contributed by atoms with van der Waals surface area (Å²) >= 11 is 0. The molecule has 1 aliphatic carbocycles. The molecule has 0 fully saturated rings. The van der Waals surface area contributed by atoms with Crippen molar-refractivity contribution in [1.29, 1.82) is 0 Å². The lowest BCUT2D eigenvalue weighted by molar-refractivity contribution is 0.536. The van der Waals surface area contributed by atoms with Gasteiger partial charge in [0.15, 0.2) is 0 Å². The summed E-state index contributed by atoms with van der Waals surface area (Å²) < 4.78 is 1.86. The van der Waals surface area contributed by atoms with E-state index in [1.165, 1.54) is 5.56 Å². The lowest BCUT2D eigenvalue weighted by Crippen LogP contribution is -2.33. The maximum atomic E-state index is 12.1. The first-order valence-corrected chi connectivity index (χ1v) is 6.60.